The molecule has 128 valence electrons. The maximum Gasteiger partial charge on any atom is 0.241 e. The number of nitrogens with zero attached hydrogens (tertiary/aromatic N) is 1. The quantitative estimate of drug-likeness (QED) is 0.806. The van der Waals surface area contributed by atoms with Crippen molar-refractivity contribution < 1.29 is 9.53 Å². The lowest BCUT2D eigenvalue weighted by Gasteiger charge is -2.23. The van der Waals surface area contributed by atoms with E-state index in [1.165, 1.54) is 5.56 Å². The highest BCUT2D eigenvalue weighted by Crippen LogP contribution is 2.12. The second-order valence-corrected chi connectivity index (χ2v) is 5.86. The van der Waals surface area contributed by atoms with Gasteiger partial charge in [-0.1, -0.05) is 37.3 Å². The maximum absolute atomic E-state index is 12.3. The van der Waals surface area contributed by atoms with Gasteiger partial charge in [0.25, 0.3) is 0 Å². The van der Waals surface area contributed by atoms with Crippen molar-refractivity contribution in [2.45, 2.75) is 26.3 Å². The lowest BCUT2D eigenvalue weighted by atomic mass is 10.1. The highest BCUT2D eigenvalue weighted by Gasteiger charge is 2.17. The molecule has 2 aromatic rings. The normalized spacial score (nSPS) is 12.0. The van der Waals surface area contributed by atoms with Crippen LogP contribution in [0.25, 0.3) is 0 Å². The van der Waals surface area contributed by atoms with Crippen LogP contribution in [-0.4, -0.2) is 37.0 Å². The first-order chi connectivity index (χ1) is 11.6. The van der Waals surface area contributed by atoms with E-state index in [1.54, 1.807) is 0 Å². The molecule has 0 spiro atoms. The Labute approximate surface area is 144 Å². The monoisotopic (exact) mass is 326 g/mol. The van der Waals surface area contributed by atoms with Crippen LogP contribution in [0.3, 0.4) is 0 Å². The summed E-state index contributed by atoms with van der Waals surface area (Å²) >= 11 is 0. The Morgan fingerprint density at radius 1 is 1.12 bits per heavy atom. The van der Waals surface area contributed by atoms with Crippen molar-refractivity contribution in [3.63, 3.8) is 0 Å². The molecular formula is C20H26N2O2. The van der Waals surface area contributed by atoms with Crippen LogP contribution in [0.4, 0.5) is 5.69 Å². The van der Waals surface area contributed by atoms with Crippen LogP contribution in [-0.2, 0) is 11.2 Å². The number of hydrogen-bond donors (Lipinski definition) is 1. The topological polar surface area (TPSA) is 41.6 Å². The molecule has 24 heavy (non-hydrogen) atoms. The van der Waals surface area contributed by atoms with Gasteiger partial charge in [0.05, 0.1) is 6.04 Å². The fraction of sp³-hybridized carbons (Fsp3) is 0.350. The van der Waals surface area contributed by atoms with Gasteiger partial charge in [0.15, 0.2) is 0 Å². The summed E-state index contributed by atoms with van der Waals surface area (Å²) in [7, 11) is 1.93. The van der Waals surface area contributed by atoms with Crippen molar-refractivity contribution in [3.05, 3.63) is 60.2 Å². The van der Waals surface area contributed by atoms with Gasteiger partial charge in [0, 0.05) is 12.2 Å². The minimum absolute atomic E-state index is 0.0125. The Balaban J connectivity index is 1.78. The average molecular weight is 326 g/mol. The third-order valence-corrected chi connectivity index (χ3v) is 4.13. The molecule has 2 rings (SSSR count). The van der Waals surface area contributed by atoms with Gasteiger partial charge in [-0.15, -0.1) is 0 Å². The first kappa shape index (κ1) is 18.0. The number of benzene rings is 2. The molecule has 1 N–H and O–H groups in total. The molecular weight excluding hydrogens is 300 g/mol. The van der Waals surface area contributed by atoms with E-state index in [-0.39, 0.29) is 11.9 Å². The van der Waals surface area contributed by atoms with Gasteiger partial charge in [0.1, 0.15) is 12.4 Å². The van der Waals surface area contributed by atoms with Gasteiger partial charge in [-0.3, -0.25) is 9.69 Å². The Morgan fingerprint density at radius 2 is 1.79 bits per heavy atom. The number of likely N-dealkylation sites (N-methyl/N-ethyl adjacent to an activating group) is 1. The van der Waals surface area contributed by atoms with E-state index in [0.717, 1.165) is 17.9 Å². The molecule has 2 aromatic carbocycles. The van der Waals surface area contributed by atoms with Gasteiger partial charge in [-0.25, -0.2) is 0 Å². The van der Waals surface area contributed by atoms with E-state index in [0.29, 0.717) is 13.2 Å². The van der Waals surface area contributed by atoms with Crippen LogP contribution in [0.15, 0.2) is 54.6 Å². The summed E-state index contributed by atoms with van der Waals surface area (Å²) in [5.41, 5.74) is 2.09. The summed E-state index contributed by atoms with van der Waals surface area (Å²) in [4.78, 5) is 14.3. The van der Waals surface area contributed by atoms with Gasteiger partial charge in [-0.2, -0.15) is 0 Å². The molecule has 0 fully saturated rings. The molecule has 0 radical (unpaired) electrons. The molecule has 0 bridgehead atoms. The molecule has 4 heteroatoms. The predicted octanol–water partition coefficient (Wildman–Crippen LogP) is 3.59. The summed E-state index contributed by atoms with van der Waals surface area (Å²) < 4.78 is 5.68. The zero-order valence-corrected chi connectivity index (χ0v) is 14.7. The van der Waals surface area contributed by atoms with Crippen LogP contribution in [0, 0.1) is 0 Å². The van der Waals surface area contributed by atoms with Gasteiger partial charge >= 0.3 is 0 Å². The third kappa shape index (κ3) is 5.39. The number of carbonyl (C=O) groups is 1. The molecule has 0 aromatic heterocycles. The van der Waals surface area contributed by atoms with Crippen molar-refractivity contribution in [2.24, 2.45) is 0 Å². The van der Waals surface area contributed by atoms with Crippen LogP contribution >= 0.6 is 0 Å². The molecule has 0 heterocycles. The van der Waals surface area contributed by atoms with E-state index in [9.17, 15) is 4.79 Å². The summed E-state index contributed by atoms with van der Waals surface area (Å²) in [6.45, 7) is 5.24. The number of amides is 1. The summed E-state index contributed by atoms with van der Waals surface area (Å²) in [6, 6.07) is 17.4. The van der Waals surface area contributed by atoms with Crippen molar-refractivity contribution in [2.75, 3.05) is 25.5 Å². The molecule has 0 aliphatic rings. The Bertz CT molecular complexity index is 626. The number of carbonyl (C=O) groups excluding carboxylic acids is 1. The average Bonchev–Trinajstić information content (AvgIpc) is 2.62. The first-order valence-corrected chi connectivity index (χ1v) is 8.38. The molecule has 4 nitrogen and oxygen atoms in total. The summed E-state index contributed by atoms with van der Waals surface area (Å²) in [5.74, 6) is 0.834. The highest BCUT2D eigenvalue weighted by molar-refractivity contribution is 5.94. The molecule has 0 unspecified atom stereocenters. The van der Waals surface area contributed by atoms with E-state index >= 15 is 0 Å². The zero-order valence-electron chi connectivity index (χ0n) is 14.7. The fourth-order valence-electron chi connectivity index (χ4n) is 2.29. The van der Waals surface area contributed by atoms with Gasteiger partial charge < -0.3 is 10.1 Å². The number of aryl methyl sites for hydroxylation is 1. The largest absolute Gasteiger partial charge is 0.492 e. The maximum atomic E-state index is 12.3. The molecule has 0 saturated heterocycles. The highest BCUT2D eigenvalue weighted by atomic mass is 16.5. The minimum Gasteiger partial charge on any atom is -0.492 e. The van der Waals surface area contributed by atoms with Crippen LogP contribution in [0.1, 0.15) is 19.4 Å². The second kappa shape index (κ2) is 9.08. The first-order valence-electron chi connectivity index (χ1n) is 8.38. The summed E-state index contributed by atoms with van der Waals surface area (Å²) in [6.07, 6.45) is 0.995. The fourth-order valence-corrected chi connectivity index (χ4v) is 2.29. The van der Waals surface area contributed by atoms with E-state index < -0.39 is 0 Å². The van der Waals surface area contributed by atoms with Gasteiger partial charge in [0.2, 0.25) is 5.91 Å². The molecule has 0 saturated carbocycles. The molecule has 1 atom stereocenters. The lowest BCUT2D eigenvalue weighted by molar-refractivity contribution is -0.120. The Morgan fingerprint density at radius 3 is 2.42 bits per heavy atom. The number of anilines is 1. The minimum atomic E-state index is -0.227. The molecule has 1 amide bonds. The van der Waals surface area contributed by atoms with Crippen LogP contribution in [0.5, 0.6) is 5.75 Å². The van der Waals surface area contributed by atoms with E-state index in [4.69, 9.17) is 4.74 Å². The van der Waals surface area contributed by atoms with Crippen LogP contribution in [0.2, 0.25) is 0 Å². The van der Waals surface area contributed by atoms with E-state index in [2.05, 4.69) is 12.2 Å². The zero-order chi connectivity index (χ0) is 17.4. The smallest absolute Gasteiger partial charge is 0.241 e. The van der Waals surface area contributed by atoms with Crippen molar-refractivity contribution in [1.82, 2.24) is 4.90 Å². The van der Waals surface area contributed by atoms with Crippen molar-refractivity contribution in [3.8, 4) is 5.75 Å². The standard InChI is InChI=1S/C20H26N2O2/c1-4-17-10-12-18(13-11-17)21-20(23)16(2)22(3)14-15-24-19-8-6-5-7-9-19/h5-13,16H,4,14-15H2,1-3H3,(H,21,23)/t16-/m1/s1. The van der Waals surface area contributed by atoms with Crippen molar-refractivity contribution >= 4 is 11.6 Å². The number of rotatable bonds is 8. The number of nitrogens with one attached hydrogen (secondary N) is 1. The number of para-hydroxylation sites is 1. The molecule has 0 aliphatic carbocycles. The summed E-state index contributed by atoms with van der Waals surface area (Å²) in [5, 5.41) is 2.96. The van der Waals surface area contributed by atoms with Crippen LogP contribution < -0.4 is 10.1 Å². The lowest BCUT2D eigenvalue weighted by Crippen LogP contribution is -2.41. The van der Waals surface area contributed by atoms with Gasteiger partial charge in [-0.05, 0) is 50.2 Å². The number of hydrogen-bond acceptors (Lipinski definition) is 3. The third-order valence-electron chi connectivity index (χ3n) is 4.13. The predicted molar refractivity (Wildman–Crippen MR) is 98.5 cm³/mol. The van der Waals surface area contributed by atoms with Crippen molar-refractivity contribution in [1.29, 1.82) is 0 Å². The SMILES string of the molecule is CCc1ccc(NC(=O)[C@@H](C)N(C)CCOc2ccccc2)cc1. The van der Waals surface area contributed by atoms with E-state index in [1.807, 2.05) is 73.5 Å². The molecule has 0 aliphatic heterocycles. The Kier molecular flexibility index (Phi) is 6.82. The number of ether oxygens (including phenoxy) is 1. The second-order valence-electron chi connectivity index (χ2n) is 5.86. The Hall–Kier alpha value is -2.33.